The minimum Gasteiger partial charge on any atom is -0.208 e. The summed E-state index contributed by atoms with van der Waals surface area (Å²) in [5.41, 5.74) is 0. The van der Waals surface area contributed by atoms with E-state index < -0.39 is 10.0 Å². The molecule has 1 N–H and O–H groups in total. The predicted molar refractivity (Wildman–Crippen MR) is 78.8 cm³/mol. The van der Waals surface area contributed by atoms with Gasteiger partial charge in [-0.3, -0.25) is 0 Å². The molecule has 102 valence electrons. The van der Waals surface area contributed by atoms with E-state index in [-0.39, 0.29) is 16.9 Å². The second-order valence-corrected chi connectivity index (χ2v) is 7.35. The van der Waals surface area contributed by atoms with Crippen molar-refractivity contribution in [1.82, 2.24) is 4.72 Å². The van der Waals surface area contributed by atoms with Crippen LogP contribution < -0.4 is 4.72 Å². The lowest BCUT2D eigenvalue weighted by Crippen LogP contribution is -2.38. The molecule has 18 heavy (non-hydrogen) atoms. The molecule has 1 aromatic rings. The maximum absolute atomic E-state index is 12.2. The van der Waals surface area contributed by atoms with Crippen LogP contribution in [0.2, 0.25) is 5.02 Å². The van der Waals surface area contributed by atoms with Crippen LogP contribution in [0.5, 0.6) is 0 Å². The standard InChI is InChI=1S/C12H17BrClNO2S/c1-9(2)12(6-7-13)15-18(16,17)11-5-3-4-10(14)8-11/h3-5,8-9,12,15H,6-7H2,1-2H3. The molecule has 0 fully saturated rings. The first-order chi connectivity index (χ1) is 8.36. The number of hydrogen-bond acceptors (Lipinski definition) is 2. The van der Waals surface area contributed by atoms with Gasteiger partial charge >= 0.3 is 0 Å². The van der Waals surface area contributed by atoms with Crippen LogP contribution in [0.25, 0.3) is 0 Å². The van der Waals surface area contributed by atoms with E-state index in [1.807, 2.05) is 13.8 Å². The van der Waals surface area contributed by atoms with Crippen LogP contribution >= 0.6 is 27.5 Å². The SMILES string of the molecule is CC(C)C(CCBr)NS(=O)(=O)c1cccc(Cl)c1. The Labute approximate surface area is 122 Å². The Morgan fingerprint density at radius 2 is 2.06 bits per heavy atom. The fourth-order valence-electron chi connectivity index (χ4n) is 1.55. The lowest BCUT2D eigenvalue weighted by molar-refractivity contribution is 0.440. The van der Waals surface area contributed by atoms with E-state index in [9.17, 15) is 8.42 Å². The number of nitrogens with one attached hydrogen (secondary N) is 1. The van der Waals surface area contributed by atoms with Crippen LogP contribution in [0.15, 0.2) is 29.2 Å². The monoisotopic (exact) mass is 353 g/mol. The van der Waals surface area contributed by atoms with Crippen LogP contribution in [-0.4, -0.2) is 19.8 Å². The van der Waals surface area contributed by atoms with Crippen LogP contribution in [0.3, 0.4) is 0 Å². The second kappa shape index (κ2) is 6.89. The first-order valence-electron chi connectivity index (χ1n) is 5.70. The minimum atomic E-state index is -3.50. The molecule has 6 heteroatoms. The van der Waals surface area contributed by atoms with Gasteiger partial charge in [-0.05, 0) is 30.5 Å². The molecule has 0 aliphatic carbocycles. The Bertz CT molecular complexity index is 491. The Kier molecular flexibility index (Phi) is 6.11. The molecule has 0 amide bonds. The zero-order valence-corrected chi connectivity index (χ0v) is 13.5. The number of hydrogen-bond donors (Lipinski definition) is 1. The summed E-state index contributed by atoms with van der Waals surface area (Å²) in [6, 6.07) is 6.19. The van der Waals surface area contributed by atoms with Gasteiger partial charge in [0.15, 0.2) is 0 Å². The number of rotatable bonds is 6. The number of sulfonamides is 1. The summed E-state index contributed by atoms with van der Waals surface area (Å²) in [6.45, 7) is 3.99. The van der Waals surface area contributed by atoms with E-state index in [0.29, 0.717) is 5.02 Å². The highest BCUT2D eigenvalue weighted by Crippen LogP contribution is 2.17. The lowest BCUT2D eigenvalue weighted by atomic mass is 10.0. The van der Waals surface area contributed by atoms with Gasteiger partial charge in [-0.15, -0.1) is 0 Å². The maximum Gasteiger partial charge on any atom is 0.240 e. The molecule has 0 saturated heterocycles. The first kappa shape index (κ1) is 16.0. The fraction of sp³-hybridized carbons (Fsp3) is 0.500. The van der Waals surface area contributed by atoms with E-state index in [2.05, 4.69) is 20.7 Å². The van der Waals surface area contributed by atoms with Crippen molar-refractivity contribution in [2.24, 2.45) is 5.92 Å². The number of benzene rings is 1. The maximum atomic E-state index is 12.2. The smallest absolute Gasteiger partial charge is 0.208 e. The van der Waals surface area contributed by atoms with E-state index in [4.69, 9.17) is 11.6 Å². The van der Waals surface area contributed by atoms with Crippen LogP contribution in [0, 0.1) is 5.92 Å². The third-order valence-corrected chi connectivity index (χ3v) is 4.82. The van der Waals surface area contributed by atoms with E-state index in [1.165, 1.54) is 6.07 Å². The average Bonchev–Trinajstić information content (AvgIpc) is 2.28. The topological polar surface area (TPSA) is 46.2 Å². The molecule has 0 saturated carbocycles. The van der Waals surface area contributed by atoms with Crippen molar-refractivity contribution in [1.29, 1.82) is 0 Å². The highest BCUT2D eigenvalue weighted by molar-refractivity contribution is 9.09. The zero-order valence-electron chi connectivity index (χ0n) is 10.4. The van der Waals surface area contributed by atoms with Crippen molar-refractivity contribution in [3.8, 4) is 0 Å². The van der Waals surface area contributed by atoms with Gasteiger partial charge in [-0.1, -0.05) is 47.4 Å². The van der Waals surface area contributed by atoms with Gasteiger partial charge in [-0.25, -0.2) is 13.1 Å². The molecule has 0 aliphatic heterocycles. The van der Waals surface area contributed by atoms with Crippen molar-refractivity contribution in [2.75, 3.05) is 5.33 Å². The highest BCUT2D eigenvalue weighted by atomic mass is 79.9. The first-order valence-corrected chi connectivity index (χ1v) is 8.69. The van der Waals surface area contributed by atoms with Crippen molar-refractivity contribution >= 4 is 37.6 Å². The second-order valence-electron chi connectivity index (χ2n) is 4.41. The Hall–Kier alpha value is -0.100. The summed E-state index contributed by atoms with van der Waals surface area (Å²) in [4.78, 5) is 0.204. The van der Waals surface area contributed by atoms with E-state index in [0.717, 1.165) is 11.8 Å². The number of halogens is 2. The molecule has 3 nitrogen and oxygen atoms in total. The molecule has 0 bridgehead atoms. The highest BCUT2D eigenvalue weighted by Gasteiger charge is 2.22. The van der Waals surface area contributed by atoms with Crippen LogP contribution in [0.4, 0.5) is 0 Å². The van der Waals surface area contributed by atoms with Gasteiger partial charge in [0.2, 0.25) is 10.0 Å². The molecular formula is C12H17BrClNO2S. The van der Waals surface area contributed by atoms with Crippen LogP contribution in [-0.2, 0) is 10.0 Å². The van der Waals surface area contributed by atoms with Crippen LogP contribution in [0.1, 0.15) is 20.3 Å². The van der Waals surface area contributed by atoms with Crippen molar-refractivity contribution in [3.05, 3.63) is 29.3 Å². The van der Waals surface area contributed by atoms with Gasteiger partial charge in [0.1, 0.15) is 0 Å². The summed E-state index contributed by atoms with van der Waals surface area (Å²) < 4.78 is 27.1. The Morgan fingerprint density at radius 1 is 1.39 bits per heavy atom. The Balaban J connectivity index is 2.93. The molecule has 1 atom stereocenters. The molecular weight excluding hydrogens is 338 g/mol. The zero-order chi connectivity index (χ0) is 13.8. The summed E-state index contributed by atoms with van der Waals surface area (Å²) in [6.07, 6.45) is 0.747. The summed E-state index contributed by atoms with van der Waals surface area (Å²) in [7, 11) is -3.50. The van der Waals surface area contributed by atoms with Crippen molar-refractivity contribution in [3.63, 3.8) is 0 Å². The van der Waals surface area contributed by atoms with Gasteiger partial charge in [0, 0.05) is 16.4 Å². The summed E-state index contributed by atoms with van der Waals surface area (Å²) >= 11 is 9.15. The molecule has 0 radical (unpaired) electrons. The molecule has 1 rings (SSSR count). The summed E-state index contributed by atoms with van der Waals surface area (Å²) in [5.74, 6) is 0.233. The van der Waals surface area contributed by atoms with Crippen molar-refractivity contribution in [2.45, 2.75) is 31.2 Å². The van der Waals surface area contributed by atoms with Gasteiger partial charge < -0.3 is 0 Å². The number of alkyl halides is 1. The third-order valence-electron chi connectivity index (χ3n) is 2.64. The molecule has 0 spiro atoms. The quantitative estimate of drug-likeness (QED) is 0.796. The summed E-state index contributed by atoms with van der Waals surface area (Å²) in [5, 5.41) is 1.17. The van der Waals surface area contributed by atoms with Crippen molar-refractivity contribution < 1.29 is 8.42 Å². The van der Waals surface area contributed by atoms with Gasteiger partial charge in [0.25, 0.3) is 0 Å². The third kappa shape index (κ3) is 4.53. The van der Waals surface area contributed by atoms with E-state index in [1.54, 1.807) is 18.2 Å². The normalized spacial score (nSPS) is 13.8. The Morgan fingerprint density at radius 3 is 2.56 bits per heavy atom. The lowest BCUT2D eigenvalue weighted by Gasteiger charge is -2.21. The largest absolute Gasteiger partial charge is 0.240 e. The molecule has 0 aliphatic rings. The minimum absolute atomic E-state index is 0.0895. The van der Waals surface area contributed by atoms with E-state index >= 15 is 0 Å². The molecule has 0 aromatic heterocycles. The van der Waals surface area contributed by atoms with Gasteiger partial charge in [0.05, 0.1) is 4.90 Å². The predicted octanol–water partition coefficient (Wildman–Crippen LogP) is 3.43. The molecule has 1 unspecified atom stereocenters. The molecule has 0 heterocycles. The fourth-order valence-corrected chi connectivity index (χ4v) is 3.76. The average molecular weight is 355 g/mol. The van der Waals surface area contributed by atoms with Gasteiger partial charge in [-0.2, -0.15) is 0 Å². The molecule has 1 aromatic carbocycles.